The van der Waals surface area contributed by atoms with Crippen LogP contribution in [0.5, 0.6) is 0 Å². The molecule has 3 heterocycles. The summed E-state index contributed by atoms with van der Waals surface area (Å²) in [6.07, 6.45) is 7.60. The number of nitrogens with zero attached hydrogens (tertiary/aromatic N) is 4. The van der Waals surface area contributed by atoms with Crippen molar-refractivity contribution in [3.8, 4) is 0 Å². The topological polar surface area (TPSA) is 63.1 Å². The SMILES string of the molecule is C[C@H](C(=O)Nc1ccc(N2CCCC2)nc1)n1cccn1. The molecule has 2 aromatic heterocycles. The molecule has 21 heavy (non-hydrogen) atoms. The summed E-state index contributed by atoms with van der Waals surface area (Å²) >= 11 is 0. The van der Waals surface area contributed by atoms with Gasteiger partial charge in [-0.2, -0.15) is 5.10 Å². The predicted octanol–water partition coefficient (Wildman–Crippen LogP) is 2.08. The Morgan fingerprint density at radius 2 is 2.14 bits per heavy atom. The van der Waals surface area contributed by atoms with Gasteiger partial charge in [-0.25, -0.2) is 4.98 Å². The molecule has 1 N–H and O–H groups in total. The van der Waals surface area contributed by atoms with Crippen LogP contribution in [0.2, 0.25) is 0 Å². The molecule has 1 aliphatic heterocycles. The molecule has 0 aliphatic carbocycles. The molecule has 1 fully saturated rings. The average Bonchev–Trinajstić information content (AvgIpc) is 3.20. The first kappa shape index (κ1) is 13.6. The number of hydrogen-bond donors (Lipinski definition) is 1. The molecule has 1 aliphatic rings. The molecule has 0 spiro atoms. The first-order valence-corrected chi connectivity index (χ1v) is 7.25. The number of nitrogens with one attached hydrogen (secondary N) is 1. The van der Waals surface area contributed by atoms with Gasteiger partial charge in [0.1, 0.15) is 11.9 Å². The van der Waals surface area contributed by atoms with Crippen molar-refractivity contribution in [2.24, 2.45) is 0 Å². The van der Waals surface area contributed by atoms with Crippen molar-refractivity contribution in [3.05, 3.63) is 36.8 Å². The minimum Gasteiger partial charge on any atom is -0.357 e. The fourth-order valence-electron chi connectivity index (χ4n) is 2.47. The molecule has 110 valence electrons. The van der Waals surface area contributed by atoms with Crippen LogP contribution in [0.1, 0.15) is 25.8 Å². The lowest BCUT2D eigenvalue weighted by Gasteiger charge is -2.17. The highest BCUT2D eigenvalue weighted by Gasteiger charge is 2.16. The number of carbonyl (C=O) groups excluding carboxylic acids is 1. The Hall–Kier alpha value is -2.37. The maximum Gasteiger partial charge on any atom is 0.248 e. The maximum absolute atomic E-state index is 12.1. The summed E-state index contributed by atoms with van der Waals surface area (Å²) < 4.78 is 1.63. The van der Waals surface area contributed by atoms with E-state index in [1.165, 1.54) is 12.8 Å². The third-order valence-corrected chi connectivity index (χ3v) is 3.75. The van der Waals surface area contributed by atoms with Gasteiger partial charge in [-0.15, -0.1) is 0 Å². The Labute approximate surface area is 123 Å². The van der Waals surface area contributed by atoms with E-state index in [4.69, 9.17) is 0 Å². The monoisotopic (exact) mass is 285 g/mol. The van der Waals surface area contributed by atoms with Crippen LogP contribution in [0, 0.1) is 0 Å². The summed E-state index contributed by atoms with van der Waals surface area (Å²) in [6.45, 7) is 3.94. The normalized spacial score (nSPS) is 16.0. The molecule has 1 atom stereocenters. The highest BCUT2D eigenvalue weighted by Crippen LogP contribution is 2.19. The van der Waals surface area contributed by atoms with Crippen molar-refractivity contribution in [2.45, 2.75) is 25.8 Å². The lowest BCUT2D eigenvalue weighted by atomic mass is 10.3. The molecule has 0 unspecified atom stereocenters. The first-order chi connectivity index (χ1) is 10.2. The van der Waals surface area contributed by atoms with Crippen LogP contribution in [0.15, 0.2) is 36.8 Å². The van der Waals surface area contributed by atoms with E-state index in [1.807, 2.05) is 19.1 Å². The van der Waals surface area contributed by atoms with E-state index >= 15 is 0 Å². The summed E-state index contributed by atoms with van der Waals surface area (Å²) in [5.41, 5.74) is 0.710. The van der Waals surface area contributed by atoms with E-state index in [2.05, 4.69) is 20.3 Å². The molecule has 0 aromatic carbocycles. The van der Waals surface area contributed by atoms with E-state index in [9.17, 15) is 4.79 Å². The Morgan fingerprint density at radius 1 is 1.33 bits per heavy atom. The second-order valence-electron chi connectivity index (χ2n) is 5.25. The van der Waals surface area contributed by atoms with Gasteiger partial charge in [0.25, 0.3) is 0 Å². The molecule has 0 radical (unpaired) electrons. The van der Waals surface area contributed by atoms with Crippen molar-refractivity contribution in [1.29, 1.82) is 0 Å². The molecule has 0 saturated carbocycles. The zero-order chi connectivity index (χ0) is 14.7. The summed E-state index contributed by atoms with van der Waals surface area (Å²) in [6, 6.07) is 5.31. The number of anilines is 2. The van der Waals surface area contributed by atoms with Crippen LogP contribution in [0.25, 0.3) is 0 Å². The Kier molecular flexibility index (Phi) is 3.85. The molecule has 2 aromatic rings. The number of carbonyl (C=O) groups is 1. The van der Waals surface area contributed by atoms with Crippen molar-refractivity contribution in [2.75, 3.05) is 23.3 Å². The van der Waals surface area contributed by atoms with Gasteiger partial charge in [0, 0.05) is 25.5 Å². The molecular formula is C15H19N5O. The standard InChI is InChI=1S/C15H19N5O/c1-12(20-10-4-7-17-20)15(21)18-13-5-6-14(16-11-13)19-8-2-3-9-19/h4-7,10-12H,2-3,8-9H2,1H3,(H,18,21)/t12-/m1/s1. The smallest absolute Gasteiger partial charge is 0.248 e. The summed E-state index contributed by atoms with van der Waals surface area (Å²) in [4.78, 5) is 18.8. The Morgan fingerprint density at radius 3 is 2.76 bits per heavy atom. The van der Waals surface area contributed by atoms with Crippen molar-refractivity contribution < 1.29 is 4.79 Å². The number of amides is 1. The Balaban J connectivity index is 1.63. The van der Waals surface area contributed by atoms with E-state index in [-0.39, 0.29) is 11.9 Å². The van der Waals surface area contributed by atoms with Crippen LogP contribution in [-0.4, -0.2) is 33.8 Å². The van der Waals surface area contributed by atoms with Gasteiger partial charge in [0.05, 0.1) is 11.9 Å². The predicted molar refractivity (Wildman–Crippen MR) is 81.3 cm³/mol. The third-order valence-electron chi connectivity index (χ3n) is 3.75. The van der Waals surface area contributed by atoms with Crippen molar-refractivity contribution >= 4 is 17.4 Å². The van der Waals surface area contributed by atoms with Gasteiger partial charge in [-0.1, -0.05) is 0 Å². The third kappa shape index (κ3) is 3.04. The van der Waals surface area contributed by atoms with Crippen LogP contribution < -0.4 is 10.2 Å². The molecule has 1 amide bonds. The van der Waals surface area contributed by atoms with Gasteiger partial charge in [0.15, 0.2) is 0 Å². The van der Waals surface area contributed by atoms with Crippen LogP contribution in [0.3, 0.4) is 0 Å². The lowest BCUT2D eigenvalue weighted by Crippen LogP contribution is -2.24. The summed E-state index contributed by atoms with van der Waals surface area (Å²) in [7, 11) is 0. The number of aromatic nitrogens is 3. The highest BCUT2D eigenvalue weighted by atomic mass is 16.2. The van der Waals surface area contributed by atoms with Crippen molar-refractivity contribution in [1.82, 2.24) is 14.8 Å². The quantitative estimate of drug-likeness (QED) is 0.934. The fourth-order valence-corrected chi connectivity index (χ4v) is 2.47. The fraction of sp³-hybridized carbons (Fsp3) is 0.400. The maximum atomic E-state index is 12.1. The zero-order valence-electron chi connectivity index (χ0n) is 12.1. The van der Waals surface area contributed by atoms with Gasteiger partial charge in [0.2, 0.25) is 5.91 Å². The highest BCUT2D eigenvalue weighted by molar-refractivity contribution is 5.93. The molecular weight excluding hydrogens is 266 g/mol. The van der Waals surface area contributed by atoms with Crippen molar-refractivity contribution in [3.63, 3.8) is 0 Å². The molecule has 6 heteroatoms. The summed E-state index contributed by atoms with van der Waals surface area (Å²) in [5, 5.41) is 6.95. The van der Waals surface area contributed by atoms with Crippen LogP contribution in [-0.2, 0) is 4.79 Å². The molecule has 3 rings (SSSR count). The minimum atomic E-state index is -0.349. The van der Waals surface area contributed by atoms with Gasteiger partial charge in [-0.3, -0.25) is 9.48 Å². The van der Waals surface area contributed by atoms with Crippen LogP contribution in [0.4, 0.5) is 11.5 Å². The second-order valence-corrected chi connectivity index (χ2v) is 5.25. The number of hydrogen-bond acceptors (Lipinski definition) is 4. The van der Waals surface area contributed by atoms with E-state index in [1.54, 1.807) is 29.3 Å². The number of rotatable bonds is 4. The second kappa shape index (κ2) is 5.95. The lowest BCUT2D eigenvalue weighted by molar-refractivity contribution is -0.119. The van der Waals surface area contributed by atoms with E-state index < -0.39 is 0 Å². The zero-order valence-corrected chi connectivity index (χ0v) is 12.1. The average molecular weight is 285 g/mol. The summed E-state index contributed by atoms with van der Waals surface area (Å²) in [5.74, 6) is 0.875. The van der Waals surface area contributed by atoms with Gasteiger partial charge < -0.3 is 10.2 Å². The van der Waals surface area contributed by atoms with Gasteiger partial charge in [-0.05, 0) is 38.0 Å². The largest absolute Gasteiger partial charge is 0.357 e. The first-order valence-electron chi connectivity index (χ1n) is 7.25. The van der Waals surface area contributed by atoms with Crippen LogP contribution >= 0.6 is 0 Å². The molecule has 1 saturated heterocycles. The minimum absolute atomic E-state index is 0.102. The van der Waals surface area contributed by atoms with E-state index in [0.717, 1.165) is 18.9 Å². The Bertz CT molecular complexity index is 587. The number of pyridine rings is 1. The van der Waals surface area contributed by atoms with Gasteiger partial charge >= 0.3 is 0 Å². The van der Waals surface area contributed by atoms with E-state index in [0.29, 0.717) is 5.69 Å². The molecule has 0 bridgehead atoms. The molecule has 6 nitrogen and oxygen atoms in total.